The molecule has 0 amide bonds. The summed E-state index contributed by atoms with van der Waals surface area (Å²) in [7, 11) is 0. The molecule has 1 rings (SSSR count). The van der Waals surface area contributed by atoms with Crippen LogP contribution in [0.1, 0.15) is 39.2 Å². The fourth-order valence-corrected chi connectivity index (χ4v) is 1.76. The molecule has 0 aliphatic heterocycles. The molecule has 0 saturated heterocycles. The van der Waals surface area contributed by atoms with Crippen LogP contribution < -0.4 is 10.1 Å². The predicted octanol–water partition coefficient (Wildman–Crippen LogP) is 3.38. The fraction of sp³-hybridized carbons (Fsp3) is 0.600. The summed E-state index contributed by atoms with van der Waals surface area (Å²) in [6.45, 7) is 7.80. The Morgan fingerprint density at radius 1 is 1.37 bits per heavy atom. The minimum Gasteiger partial charge on any atom is -0.490 e. The average Bonchev–Trinajstić information content (AvgIpc) is 2.38. The number of halogens is 1. The molecule has 0 aliphatic rings. The zero-order valence-corrected chi connectivity index (χ0v) is 12.8. The zero-order valence-electron chi connectivity index (χ0n) is 12.0. The Bertz CT molecular complexity index is 394. The van der Waals surface area contributed by atoms with E-state index in [1.54, 1.807) is 13.0 Å². The van der Waals surface area contributed by atoms with Gasteiger partial charge in [0.05, 0.1) is 5.60 Å². The molecule has 0 fully saturated rings. The first kappa shape index (κ1) is 16.3. The molecule has 0 heterocycles. The summed E-state index contributed by atoms with van der Waals surface area (Å²) in [6, 6.07) is 5.57. The van der Waals surface area contributed by atoms with Crippen molar-refractivity contribution >= 4 is 11.6 Å². The summed E-state index contributed by atoms with van der Waals surface area (Å²) in [5.41, 5.74) is 0.223. The monoisotopic (exact) mass is 285 g/mol. The first-order chi connectivity index (χ1) is 8.98. The third-order valence-corrected chi connectivity index (χ3v) is 3.30. The number of aliphatic hydroxyl groups is 1. The number of hydrogen-bond donors (Lipinski definition) is 2. The van der Waals surface area contributed by atoms with Crippen LogP contribution in [-0.4, -0.2) is 23.9 Å². The molecule has 0 radical (unpaired) electrons. The normalized spacial score (nSPS) is 14.2. The molecule has 3 nitrogen and oxygen atoms in total. The molecule has 2 N–H and O–H groups in total. The van der Waals surface area contributed by atoms with Gasteiger partial charge in [-0.2, -0.15) is 0 Å². The van der Waals surface area contributed by atoms with Crippen LogP contribution >= 0.6 is 11.6 Å². The number of ether oxygens (including phenoxy) is 1. The van der Waals surface area contributed by atoms with Crippen molar-refractivity contribution in [1.29, 1.82) is 0 Å². The Kier molecular flexibility index (Phi) is 6.63. The topological polar surface area (TPSA) is 41.5 Å². The first-order valence-corrected chi connectivity index (χ1v) is 7.20. The van der Waals surface area contributed by atoms with Crippen LogP contribution in [0.4, 0.5) is 0 Å². The highest BCUT2D eigenvalue weighted by Gasteiger charge is 2.19. The van der Waals surface area contributed by atoms with Crippen molar-refractivity contribution in [3.05, 3.63) is 28.8 Å². The van der Waals surface area contributed by atoms with Crippen molar-refractivity contribution in [2.24, 2.45) is 0 Å². The van der Waals surface area contributed by atoms with Crippen molar-refractivity contribution in [3.63, 3.8) is 0 Å². The second kappa shape index (κ2) is 7.73. The lowest BCUT2D eigenvalue weighted by atomic mass is 10.1. The van der Waals surface area contributed by atoms with Gasteiger partial charge in [-0.25, -0.2) is 0 Å². The van der Waals surface area contributed by atoms with Gasteiger partial charge >= 0.3 is 0 Å². The fourth-order valence-electron chi connectivity index (χ4n) is 1.56. The Morgan fingerprint density at radius 3 is 2.74 bits per heavy atom. The highest BCUT2D eigenvalue weighted by atomic mass is 35.5. The molecular weight excluding hydrogens is 262 g/mol. The van der Waals surface area contributed by atoms with Gasteiger partial charge in [-0.3, -0.25) is 0 Å². The minimum absolute atomic E-state index is 0.284. The zero-order chi connectivity index (χ0) is 14.3. The van der Waals surface area contributed by atoms with Gasteiger partial charge in [0.25, 0.3) is 0 Å². The summed E-state index contributed by atoms with van der Waals surface area (Å²) in [6.07, 6.45) is 1.74. The molecule has 0 bridgehead atoms. The highest BCUT2D eigenvalue weighted by Crippen LogP contribution is 2.24. The summed E-state index contributed by atoms with van der Waals surface area (Å²) < 4.78 is 5.73. The maximum absolute atomic E-state index is 9.98. The highest BCUT2D eigenvalue weighted by molar-refractivity contribution is 6.30. The molecule has 1 atom stereocenters. The Morgan fingerprint density at radius 2 is 2.11 bits per heavy atom. The first-order valence-electron chi connectivity index (χ1n) is 6.83. The second-order valence-electron chi connectivity index (χ2n) is 5.07. The van der Waals surface area contributed by atoms with Crippen LogP contribution in [0.15, 0.2) is 18.2 Å². The maximum Gasteiger partial charge on any atom is 0.124 e. The van der Waals surface area contributed by atoms with Crippen molar-refractivity contribution in [2.45, 2.75) is 45.8 Å². The van der Waals surface area contributed by atoms with Crippen LogP contribution in [-0.2, 0) is 6.54 Å². The third kappa shape index (κ3) is 5.81. The van der Waals surface area contributed by atoms with Gasteiger partial charge in [0.15, 0.2) is 0 Å². The van der Waals surface area contributed by atoms with Crippen LogP contribution in [0.25, 0.3) is 0 Å². The summed E-state index contributed by atoms with van der Waals surface area (Å²) in [5.74, 6) is 0.779. The van der Waals surface area contributed by atoms with Crippen LogP contribution in [0.5, 0.6) is 5.75 Å². The lowest BCUT2D eigenvalue weighted by Crippen LogP contribution is -2.31. The standard InChI is InChI=1S/C15H24ClNO2/c1-4-8-17-10-12-9-13(16)6-7-14(12)19-11-15(3,18)5-2/h6-7,9,17-18H,4-5,8,10-11H2,1-3H3. The Hall–Kier alpha value is -0.770. The van der Waals surface area contributed by atoms with E-state index in [0.29, 0.717) is 11.4 Å². The Labute approximate surface area is 120 Å². The molecular formula is C15H24ClNO2. The largest absolute Gasteiger partial charge is 0.490 e. The number of benzene rings is 1. The van der Waals surface area contributed by atoms with E-state index in [1.165, 1.54) is 0 Å². The molecule has 0 spiro atoms. The minimum atomic E-state index is -0.798. The molecule has 1 aromatic carbocycles. The molecule has 0 aromatic heterocycles. The quantitative estimate of drug-likeness (QED) is 0.720. The van der Waals surface area contributed by atoms with E-state index in [9.17, 15) is 5.11 Å². The van der Waals surface area contributed by atoms with E-state index in [-0.39, 0.29) is 6.61 Å². The van der Waals surface area contributed by atoms with Crippen molar-refractivity contribution in [2.75, 3.05) is 13.2 Å². The summed E-state index contributed by atoms with van der Waals surface area (Å²) in [5, 5.41) is 14.0. The van der Waals surface area contributed by atoms with E-state index < -0.39 is 5.60 Å². The molecule has 108 valence electrons. The van der Waals surface area contributed by atoms with Crippen LogP contribution in [0.2, 0.25) is 5.02 Å². The maximum atomic E-state index is 9.98. The number of nitrogens with one attached hydrogen (secondary N) is 1. The molecule has 19 heavy (non-hydrogen) atoms. The van der Waals surface area contributed by atoms with E-state index in [0.717, 1.165) is 30.8 Å². The molecule has 1 aromatic rings. The van der Waals surface area contributed by atoms with Gasteiger partial charge in [-0.05, 0) is 44.5 Å². The van der Waals surface area contributed by atoms with Crippen molar-refractivity contribution < 1.29 is 9.84 Å². The summed E-state index contributed by atoms with van der Waals surface area (Å²) >= 11 is 6.01. The van der Waals surface area contributed by atoms with Crippen molar-refractivity contribution in [3.8, 4) is 5.75 Å². The Balaban J connectivity index is 2.70. The third-order valence-electron chi connectivity index (χ3n) is 3.07. The van der Waals surface area contributed by atoms with E-state index in [4.69, 9.17) is 16.3 Å². The SMILES string of the molecule is CCCNCc1cc(Cl)ccc1OCC(C)(O)CC. The lowest BCUT2D eigenvalue weighted by molar-refractivity contribution is 0.00816. The van der Waals surface area contributed by atoms with E-state index >= 15 is 0 Å². The average molecular weight is 286 g/mol. The van der Waals surface area contributed by atoms with Gasteiger partial charge in [0.1, 0.15) is 12.4 Å². The van der Waals surface area contributed by atoms with Gasteiger partial charge in [-0.1, -0.05) is 25.4 Å². The van der Waals surface area contributed by atoms with E-state index in [2.05, 4.69) is 12.2 Å². The van der Waals surface area contributed by atoms with Gasteiger partial charge in [0, 0.05) is 17.1 Å². The molecule has 1 unspecified atom stereocenters. The molecule has 0 saturated carbocycles. The lowest BCUT2D eigenvalue weighted by Gasteiger charge is -2.22. The number of hydrogen-bond acceptors (Lipinski definition) is 3. The summed E-state index contributed by atoms with van der Waals surface area (Å²) in [4.78, 5) is 0. The number of rotatable bonds is 8. The van der Waals surface area contributed by atoms with Gasteiger partial charge in [-0.15, -0.1) is 0 Å². The molecule has 0 aliphatic carbocycles. The second-order valence-corrected chi connectivity index (χ2v) is 5.50. The van der Waals surface area contributed by atoms with Crippen LogP contribution in [0.3, 0.4) is 0 Å². The smallest absolute Gasteiger partial charge is 0.124 e. The van der Waals surface area contributed by atoms with Crippen LogP contribution in [0, 0.1) is 0 Å². The van der Waals surface area contributed by atoms with Gasteiger partial charge in [0.2, 0.25) is 0 Å². The van der Waals surface area contributed by atoms with Crippen molar-refractivity contribution in [1.82, 2.24) is 5.32 Å². The van der Waals surface area contributed by atoms with Gasteiger partial charge < -0.3 is 15.2 Å². The predicted molar refractivity (Wildman–Crippen MR) is 79.9 cm³/mol. The molecule has 4 heteroatoms. The van der Waals surface area contributed by atoms with E-state index in [1.807, 2.05) is 19.1 Å².